The molecule has 6 heteroatoms. The number of aromatic nitrogens is 1. The molecule has 166 valence electrons. The molecule has 0 bridgehead atoms. The number of amides is 2. The van der Waals surface area contributed by atoms with E-state index in [4.69, 9.17) is 0 Å². The summed E-state index contributed by atoms with van der Waals surface area (Å²) >= 11 is 0. The summed E-state index contributed by atoms with van der Waals surface area (Å²) in [6.07, 6.45) is 1.80. The minimum atomic E-state index is -0.169. The van der Waals surface area contributed by atoms with Crippen molar-refractivity contribution < 1.29 is 9.59 Å². The van der Waals surface area contributed by atoms with Gasteiger partial charge in [-0.2, -0.15) is 0 Å². The van der Waals surface area contributed by atoms with E-state index in [0.717, 1.165) is 25.9 Å². The molecular formula is C25H34N4O2. The van der Waals surface area contributed by atoms with Gasteiger partial charge in [0.25, 0.3) is 11.8 Å². The minimum Gasteiger partial charge on any atom is -0.371 e. The molecule has 2 heterocycles. The maximum Gasteiger partial charge on any atom is 0.271 e. The van der Waals surface area contributed by atoms with Crippen molar-refractivity contribution in [2.24, 2.45) is 0 Å². The number of anilines is 1. The topological polar surface area (TPSA) is 65.5 Å². The number of nitrogens with one attached hydrogen (secondary N) is 1. The van der Waals surface area contributed by atoms with Gasteiger partial charge in [0.2, 0.25) is 0 Å². The van der Waals surface area contributed by atoms with E-state index in [-0.39, 0.29) is 23.3 Å². The van der Waals surface area contributed by atoms with Gasteiger partial charge in [0.15, 0.2) is 0 Å². The van der Waals surface area contributed by atoms with Gasteiger partial charge in [0, 0.05) is 38.9 Å². The van der Waals surface area contributed by atoms with Gasteiger partial charge in [-0.25, -0.2) is 4.98 Å². The van der Waals surface area contributed by atoms with Crippen molar-refractivity contribution in [3.63, 3.8) is 0 Å². The van der Waals surface area contributed by atoms with Gasteiger partial charge in [-0.15, -0.1) is 0 Å². The van der Waals surface area contributed by atoms with Gasteiger partial charge in [-0.1, -0.05) is 32.9 Å². The smallest absolute Gasteiger partial charge is 0.271 e. The molecule has 31 heavy (non-hydrogen) atoms. The Kier molecular flexibility index (Phi) is 6.68. The van der Waals surface area contributed by atoms with Crippen LogP contribution in [0.2, 0.25) is 0 Å². The molecule has 2 aromatic rings. The quantitative estimate of drug-likeness (QED) is 0.814. The molecule has 6 nitrogen and oxygen atoms in total. The largest absolute Gasteiger partial charge is 0.371 e. The Morgan fingerprint density at radius 1 is 1.03 bits per heavy atom. The van der Waals surface area contributed by atoms with Crippen molar-refractivity contribution in [2.45, 2.75) is 52.0 Å². The van der Waals surface area contributed by atoms with E-state index in [2.05, 4.69) is 60.2 Å². The van der Waals surface area contributed by atoms with Crippen molar-refractivity contribution in [3.05, 3.63) is 58.9 Å². The molecule has 0 saturated carbocycles. The highest BCUT2D eigenvalue weighted by atomic mass is 16.2. The van der Waals surface area contributed by atoms with Crippen LogP contribution >= 0.6 is 0 Å². The number of carbonyl (C=O) groups is 2. The second-order valence-corrected chi connectivity index (χ2v) is 9.56. The molecule has 1 aliphatic rings. The molecule has 1 saturated heterocycles. The van der Waals surface area contributed by atoms with E-state index in [1.165, 1.54) is 16.2 Å². The fourth-order valence-electron chi connectivity index (χ4n) is 3.87. The van der Waals surface area contributed by atoms with E-state index in [1.54, 1.807) is 33.2 Å². The summed E-state index contributed by atoms with van der Waals surface area (Å²) < 4.78 is 0. The molecule has 0 aliphatic carbocycles. The Morgan fingerprint density at radius 3 is 2.16 bits per heavy atom. The maximum atomic E-state index is 12.8. The molecule has 1 aromatic carbocycles. The van der Waals surface area contributed by atoms with Crippen molar-refractivity contribution in [2.75, 3.05) is 32.1 Å². The fourth-order valence-corrected chi connectivity index (χ4v) is 3.87. The zero-order chi connectivity index (χ0) is 22.8. The third-order valence-corrected chi connectivity index (χ3v) is 5.88. The molecule has 0 unspecified atom stereocenters. The average Bonchev–Trinajstić information content (AvgIpc) is 2.73. The molecule has 2 amide bonds. The van der Waals surface area contributed by atoms with Crippen LogP contribution in [0.3, 0.4) is 0 Å². The van der Waals surface area contributed by atoms with Gasteiger partial charge >= 0.3 is 0 Å². The number of pyridine rings is 1. The number of carbonyl (C=O) groups excluding carboxylic acids is 2. The second-order valence-electron chi connectivity index (χ2n) is 9.56. The Hall–Kier alpha value is -2.89. The summed E-state index contributed by atoms with van der Waals surface area (Å²) in [6, 6.07) is 12.3. The maximum absolute atomic E-state index is 12.8. The minimum absolute atomic E-state index is 0.123. The lowest BCUT2D eigenvalue weighted by atomic mass is 9.87. The van der Waals surface area contributed by atoms with Crippen LogP contribution in [-0.4, -0.2) is 54.9 Å². The number of benzene rings is 1. The predicted molar refractivity (Wildman–Crippen MR) is 125 cm³/mol. The van der Waals surface area contributed by atoms with E-state index in [9.17, 15) is 9.59 Å². The number of piperidine rings is 1. The normalized spacial score (nSPS) is 15.0. The van der Waals surface area contributed by atoms with Gasteiger partial charge in [-0.05, 0) is 55.0 Å². The zero-order valence-electron chi connectivity index (χ0n) is 19.5. The van der Waals surface area contributed by atoms with Crippen molar-refractivity contribution in [1.82, 2.24) is 15.2 Å². The Balaban J connectivity index is 1.57. The van der Waals surface area contributed by atoms with E-state index >= 15 is 0 Å². The first-order chi connectivity index (χ1) is 14.6. The van der Waals surface area contributed by atoms with Gasteiger partial charge < -0.3 is 15.1 Å². The molecule has 0 spiro atoms. The van der Waals surface area contributed by atoms with Crippen LogP contribution in [0.5, 0.6) is 0 Å². The zero-order valence-corrected chi connectivity index (χ0v) is 19.5. The Morgan fingerprint density at radius 2 is 1.65 bits per heavy atom. The monoisotopic (exact) mass is 422 g/mol. The molecule has 1 aromatic heterocycles. The first-order valence-electron chi connectivity index (χ1n) is 10.9. The van der Waals surface area contributed by atoms with Crippen LogP contribution in [0.4, 0.5) is 5.69 Å². The number of rotatable bonds is 4. The van der Waals surface area contributed by atoms with Crippen LogP contribution in [-0.2, 0) is 5.41 Å². The highest BCUT2D eigenvalue weighted by Crippen LogP contribution is 2.26. The Labute approximate surface area is 185 Å². The lowest BCUT2D eigenvalue weighted by Gasteiger charge is -2.34. The molecule has 3 rings (SSSR count). The lowest BCUT2D eigenvalue weighted by molar-refractivity contribution is 0.0820. The molecule has 1 fully saturated rings. The molecule has 1 aliphatic heterocycles. The van der Waals surface area contributed by atoms with E-state index in [0.29, 0.717) is 17.0 Å². The van der Waals surface area contributed by atoms with Crippen molar-refractivity contribution in [3.8, 4) is 0 Å². The first-order valence-corrected chi connectivity index (χ1v) is 10.9. The SMILES string of the molecule is Cc1nc(C(=O)N(C)C)ccc1C(=O)NC1CCN(c2ccc(C(C)(C)C)cc2)CC1. The highest BCUT2D eigenvalue weighted by molar-refractivity contribution is 5.97. The van der Waals surface area contributed by atoms with Gasteiger partial charge in [0.1, 0.15) is 5.69 Å². The van der Waals surface area contributed by atoms with Crippen LogP contribution in [0.25, 0.3) is 0 Å². The number of hydrogen-bond donors (Lipinski definition) is 1. The van der Waals surface area contributed by atoms with Crippen LogP contribution < -0.4 is 10.2 Å². The van der Waals surface area contributed by atoms with Crippen molar-refractivity contribution in [1.29, 1.82) is 0 Å². The fraction of sp³-hybridized carbons (Fsp3) is 0.480. The van der Waals surface area contributed by atoms with E-state index in [1.807, 2.05) is 0 Å². The molecule has 0 radical (unpaired) electrons. The van der Waals surface area contributed by atoms with Gasteiger partial charge in [-0.3, -0.25) is 9.59 Å². The van der Waals surface area contributed by atoms with Gasteiger partial charge in [0.05, 0.1) is 11.3 Å². The summed E-state index contributed by atoms with van der Waals surface area (Å²) in [7, 11) is 3.37. The van der Waals surface area contributed by atoms with Crippen LogP contribution in [0.15, 0.2) is 36.4 Å². The van der Waals surface area contributed by atoms with Crippen LogP contribution in [0, 0.1) is 6.92 Å². The third kappa shape index (κ3) is 5.43. The summed E-state index contributed by atoms with van der Waals surface area (Å²) in [5.41, 5.74) is 4.17. The number of nitrogens with zero attached hydrogens (tertiary/aromatic N) is 3. The van der Waals surface area contributed by atoms with Crippen LogP contribution in [0.1, 0.15) is 65.7 Å². The average molecular weight is 423 g/mol. The van der Waals surface area contributed by atoms with Crippen molar-refractivity contribution >= 4 is 17.5 Å². The first kappa shape index (κ1) is 22.8. The predicted octanol–water partition coefficient (Wildman–Crippen LogP) is 3.79. The Bertz CT molecular complexity index is 937. The standard InChI is InChI=1S/C25H34N4O2/c1-17-21(11-12-22(26-17)24(31)28(5)6)23(30)27-19-13-15-29(16-14-19)20-9-7-18(8-10-20)25(2,3)4/h7-12,19H,13-16H2,1-6H3,(H,27,30). The lowest BCUT2D eigenvalue weighted by Crippen LogP contribution is -2.45. The second kappa shape index (κ2) is 9.08. The number of aryl methyl sites for hydroxylation is 1. The third-order valence-electron chi connectivity index (χ3n) is 5.88. The molecular weight excluding hydrogens is 388 g/mol. The molecule has 0 atom stereocenters. The summed E-state index contributed by atoms with van der Waals surface area (Å²) in [5, 5.41) is 3.15. The highest BCUT2D eigenvalue weighted by Gasteiger charge is 2.23. The number of hydrogen-bond acceptors (Lipinski definition) is 4. The van der Waals surface area contributed by atoms with E-state index < -0.39 is 0 Å². The molecule has 1 N–H and O–H groups in total. The summed E-state index contributed by atoms with van der Waals surface area (Å²) in [4.78, 5) is 33.0. The summed E-state index contributed by atoms with van der Waals surface area (Å²) in [5.74, 6) is -0.292. The summed E-state index contributed by atoms with van der Waals surface area (Å²) in [6.45, 7) is 10.3.